The minimum Gasteiger partial charge on any atom is -0.481 e. The third kappa shape index (κ3) is 2.45. The van der Waals surface area contributed by atoms with Gasteiger partial charge in [0.1, 0.15) is 5.56 Å². The van der Waals surface area contributed by atoms with E-state index in [9.17, 15) is 19.5 Å². The van der Waals surface area contributed by atoms with Crippen molar-refractivity contribution in [3.63, 3.8) is 0 Å². The molecular formula is C14H18N2O4. The molecule has 1 aromatic rings. The molecule has 108 valence electrons. The number of amides is 1. The van der Waals surface area contributed by atoms with Gasteiger partial charge in [0.2, 0.25) is 0 Å². The molecule has 20 heavy (non-hydrogen) atoms. The van der Waals surface area contributed by atoms with Crippen LogP contribution in [0, 0.1) is 5.41 Å². The van der Waals surface area contributed by atoms with E-state index in [0.29, 0.717) is 32.4 Å². The maximum absolute atomic E-state index is 12.2. The van der Waals surface area contributed by atoms with E-state index in [1.807, 2.05) is 6.92 Å². The van der Waals surface area contributed by atoms with Crippen molar-refractivity contribution in [2.45, 2.75) is 26.2 Å². The van der Waals surface area contributed by atoms with Gasteiger partial charge in [-0.05, 0) is 31.4 Å². The lowest BCUT2D eigenvalue weighted by molar-refractivity contribution is -0.152. The van der Waals surface area contributed by atoms with Crippen LogP contribution in [0.3, 0.4) is 0 Å². The predicted molar refractivity (Wildman–Crippen MR) is 72.6 cm³/mol. The van der Waals surface area contributed by atoms with Gasteiger partial charge >= 0.3 is 5.97 Å². The highest BCUT2D eigenvalue weighted by molar-refractivity contribution is 5.94. The van der Waals surface area contributed by atoms with Gasteiger partial charge in [0.15, 0.2) is 0 Å². The minimum atomic E-state index is -0.801. The number of carboxylic acids is 1. The molecule has 1 aromatic heterocycles. The van der Waals surface area contributed by atoms with Gasteiger partial charge in [-0.2, -0.15) is 0 Å². The van der Waals surface area contributed by atoms with E-state index in [0.717, 1.165) is 0 Å². The fraction of sp³-hybridized carbons (Fsp3) is 0.500. The summed E-state index contributed by atoms with van der Waals surface area (Å²) in [7, 11) is 0. The third-order valence-electron chi connectivity index (χ3n) is 4.19. The molecule has 0 atom stereocenters. The van der Waals surface area contributed by atoms with Gasteiger partial charge in [0.05, 0.1) is 5.41 Å². The minimum absolute atomic E-state index is 0.104. The number of carboxylic acid groups (broad SMARTS) is 1. The van der Waals surface area contributed by atoms with Crippen LogP contribution in [-0.4, -0.2) is 40.0 Å². The zero-order valence-corrected chi connectivity index (χ0v) is 11.4. The number of nitrogens with zero attached hydrogens (tertiary/aromatic N) is 1. The third-order valence-corrected chi connectivity index (χ3v) is 4.19. The van der Waals surface area contributed by atoms with Crippen molar-refractivity contribution in [2.75, 3.05) is 13.1 Å². The molecule has 1 amide bonds. The number of carbonyl (C=O) groups excluding carboxylic acids is 1. The second kappa shape index (κ2) is 5.48. The van der Waals surface area contributed by atoms with E-state index in [4.69, 9.17) is 0 Å². The van der Waals surface area contributed by atoms with Gasteiger partial charge in [0.25, 0.3) is 11.5 Å². The molecule has 0 aromatic carbocycles. The van der Waals surface area contributed by atoms with Crippen LogP contribution < -0.4 is 5.56 Å². The number of aliphatic carboxylic acids is 1. The van der Waals surface area contributed by atoms with Crippen molar-refractivity contribution in [1.82, 2.24) is 9.88 Å². The molecular weight excluding hydrogens is 260 g/mol. The van der Waals surface area contributed by atoms with E-state index < -0.39 is 16.9 Å². The number of aromatic nitrogens is 1. The molecule has 2 N–H and O–H groups in total. The number of nitrogens with one attached hydrogen (secondary N) is 1. The summed E-state index contributed by atoms with van der Waals surface area (Å²) in [6.45, 7) is 2.59. The van der Waals surface area contributed by atoms with E-state index in [-0.39, 0.29) is 11.5 Å². The summed E-state index contributed by atoms with van der Waals surface area (Å²) in [5.41, 5.74) is -1.05. The monoisotopic (exact) mass is 278 g/mol. The van der Waals surface area contributed by atoms with Crippen molar-refractivity contribution in [2.24, 2.45) is 5.41 Å². The van der Waals surface area contributed by atoms with Crippen molar-refractivity contribution in [3.05, 3.63) is 34.2 Å². The maximum atomic E-state index is 12.2. The van der Waals surface area contributed by atoms with Crippen LogP contribution in [0.1, 0.15) is 36.5 Å². The highest BCUT2D eigenvalue weighted by Crippen LogP contribution is 2.35. The smallest absolute Gasteiger partial charge is 0.309 e. The van der Waals surface area contributed by atoms with Crippen molar-refractivity contribution < 1.29 is 14.7 Å². The first-order valence-corrected chi connectivity index (χ1v) is 6.70. The Labute approximate surface area is 116 Å². The van der Waals surface area contributed by atoms with Gasteiger partial charge in [-0.3, -0.25) is 14.4 Å². The van der Waals surface area contributed by atoms with E-state index in [2.05, 4.69) is 4.98 Å². The fourth-order valence-electron chi connectivity index (χ4n) is 2.62. The van der Waals surface area contributed by atoms with E-state index in [1.54, 1.807) is 11.0 Å². The highest BCUT2D eigenvalue weighted by Gasteiger charge is 2.41. The number of hydrogen-bond acceptors (Lipinski definition) is 3. The van der Waals surface area contributed by atoms with Gasteiger partial charge < -0.3 is 15.0 Å². The molecule has 1 fully saturated rings. The van der Waals surface area contributed by atoms with Crippen LogP contribution in [0.4, 0.5) is 0 Å². The Morgan fingerprint density at radius 2 is 2.05 bits per heavy atom. The van der Waals surface area contributed by atoms with Gasteiger partial charge in [0, 0.05) is 19.3 Å². The lowest BCUT2D eigenvalue weighted by Gasteiger charge is -2.38. The maximum Gasteiger partial charge on any atom is 0.309 e. The zero-order valence-electron chi connectivity index (χ0n) is 11.4. The Kier molecular flexibility index (Phi) is 3.92. The van der Waals surface area contributed by atoms with Gasteiger partial charge in [-0.1, -0.05) is 6.92 Å². The summed E-state index contributed by atoms with van der Waals surface area (Å²) in [4.78, 5) is 39.2. The van der Waals surface area contributed by atoms with Crippen LogP contribution in [0.15, 0.2) is 23.1 Å². The number of aromatic amines is 1. The van der Waals surface area contributed by atoms with Crippen molar-refractivity contribution >= 4 is 11.9 Å². The first kappa shape index (κ1) is 14.3. The number of carbonyl (C=O) groups is 2. The standard InChI is InChI=1S/C14H18N2O4/c1-2-14(13(19)20)5-8-16(9-6-14)12(18)10-4-3-7-15-11(10)17/h3-4,7H,2,5-6,8-9H2,1H3,(H,15,17)(H,19,20). The predicted octanol–water partition coefficient (Wildman–Crippen LogP) is 1.09. The summed E-state index contributed by atoms with van der Waals surface area (Å²) >= 11 is 0. The van der Waals surface area contributed by atoms with Crippen molar-refractivity contribution in [1.29, 1.82) is 0 Å². The number of H-pyrrole nitrogens is 1. The first-order valence-electron chi connectivity index (χ1n) is 6.70. The molecule has 0 spiro atoms. The lowest BCUT2D eigenvalue weighted by atomic mass is 9.76. The summed E-state index contributed by atoms with van der Waals surface area (Å²) in [5, 5.41) is 9.32. The van der Waals surface area contributed by atoms with Gasteiger partial charge in [-0.15, -0.1) is 0 Å². The molecule has 2 heterocycles. The second-order valence-corrected chi connectivity index (χ2v) is 5.14. The highest BCUT2D eigenvalue weighted by atomic mass is 16.4. The lowest BCUT2D eigenvalue weighted by Crippen LogP contribution is -2.47. The molecule has 1 aliphatic heterocycles. The largest absolute Gasteiger partial charge is 0.481 e. The molecule has 0 bridgehead atoms. The Morgan fingerprint density at radius 1 is 1.40 bits per heavy atom. The molecule has 2 rings (SSSR count). The van der Waals surface area contributed by atoms with Crippen LogP contribution in [0.5, 0.6) is 0 Å². The van der Waals surface area contributed by atoms with Crippen LogP contribution in [0.25, 0.3) is 0 Å². The van der Waals surface area contributed by atoms with E-state index >= 15 is 0 Å². The summed E-state index contributed by atoms with van der Waals surface area (Å²) in [5.74, 6) is -1.13. The molecule has 6 heteroatoms. The number of likely N-dealkylation sites (tertiary alicyclic amines) is 1. The molecule has 1 aliphatic rings. The second-order valence-electron chi connectivity index (χ2n) is 5.14. The number of hydrogen-bond donors (Lipinski definition) is 2. The summed E-state index contributed by atoms with van der Waals surface area (Å²) < 4.78 is 0. The van der Waals surface area contributed by atoms with Crippen LogP contribution >= 0.6 is 0 Å². The van der Waals surface area contributed by atoms with Gasteiger partial charge in [-0.25, -0.2) is 0 Å². The van der Waals surface area contributed by atoms with Crippen molar-refractivity contribution in [3.8, 4) is 0 Å². The normalized spacial score (nSPS) is 17.8. The summed E-state index contributed by atoms with van der Waals surface area (Å²) in [6.07, 6.45) is 2.88. The van der Waals surface area contributed by atoms with Crippen LogP contribution in [0.2, 0.25) is 0 Å². The summed E-state index contributed by atoms with van der Waals surface area (Å²) in [6, 6.07) is 3.09. The first-order chi connectivity index (χ1) is 9.50. The average molecular weight is 278 g/mol. The Bertz CT molecular complexity index is 571. The molecule has 0 radical (unpaired) electrons. The van der Waals surface area contributed by atoms with E-state index in [1.165, 1.54) is 12.3 Å². The number of pyridine rings is 1. The fourth-order valence-corrected chi connectivity index (χ4v) is 2.62. The Morgan fingerprint density at radius 3 is 2.55 bits per heavy atom. The van der Waals surface area contributed by atoms with Crippen LogP contribution in [-0.2, 0) is 4.79 Å². The topological polar surface area (TPSA) is 90.5 Å². The SMILES string of the molecule is CCC1(C(=O)O)CCN(C(=O)c2ccc[nH]c2=O)CC1. The molecule has 0 saturated carbocycles. The Hall–Kier alpha value is -2.11. The number of piperidine rings is 1. The average Bonchev–Trinajstić information content (AvgIpc) is 2.47. The Balaban J connectivity index is 2.12. The molecule has 1 saturated heterocycles. The number of rotatable bonds is 3. The molecule has 0 aliphatic carbocycles. The molecule has 6 nitrogen and oxygen atoms in total. The quantitative estimate of drug-likeness (QED) is 0.866. The zero-order chi connectivity index (χ0) is 14.8. The molecule has 0 unspecified atom stereocenters.